The van der Waals surface area contributed by atoms with Crippen LogP contribution in [-0.4, -0.2) is 42.5 Å². The van der Waals surface area contributed by atoms with Crippen LogP contribution in [0.2, 0.25) is 0 Å². The van der Waals surface area contributed by atoms with Crippen molar-refractivity contribution in [3.8, 4) is 0 Å². The Labute approximate surface area is 119 Å². The molecule has 6 nitrogen and oxygen atoms in total. The fourth-order valence-corrected chi connectivity index (χ4v) is 2.00. The van der Waals surface area contributed by atoms with Gasteiger partial charge in [-0.15, -0.1) is 12.4 Å². The Morgan fingerprint density at radius 3 is 3.16 bits per heavy atom. The number of hydrogen-bond acceptors (Lipinski definition) is 4. The fourth-order valence-electron chi connectivity index (χ4n) is 2.00. The molecule has 1 aliphatic rings. The van der Waals surface area contributed by atoms with Crippen LogP contribution in [0.3, 0.4) is 0 Å². The number of halogens is 1. The molecule has 1 saturated heterocycles. The summed E-state index contributed by atoms with van der Waals surface area (Å²) in [5, 5.41) is 10.1. The minimum atomic E-state index is 0. The van der Waals surface area contributed by atoms with Crippen LogP contribution in [0.25, 0.3) is 0 Å². The lowest BCUT2D eigenvalue weighted by molar-refractivity contribution is -0.116. The summed E-state index contributed by atoms with van der Waals surface area (Å²) in [6, 6.07) is 1.83. The third-order valence-corrected chi connectivity index (χ3v) is 3.04. The number of nitrogens with zero attached hydrogens (tertiary/aromatic N) is 2. The summed E-state index contributed by atoms with van der Waals surface area (Å²) >= 11 is 0. The van der Waals surface area contributed by atoms with Gasteiger partial charge in [0.1, 0.15) is 5.82 Å². The van der Waals surface area contributed by atoms with Gasteiger partial charge >= 0.3 is 0 Å². The molecule has 2 N–H and O–H groups in total. The van der Waals surface area contributed by atoms with Crippen molar-refractivity contribution in [2.45, 2.75) is 19.4 Å². The monoisotopic (exact) mass is 288 g/mol. The van der Waals surface area contributed by atoms with Gasteiger partial charge in [0.15, 0.2) is 0 Å². The van der Waals surface area contributed by atoms with Gasteiger partial charge in [0.05, 0.1) is 12.8 Å². The zero-order valence-corrected chi connectivity index (χ0v) is 11.9. The summed E-state index contributed by atoms with van der Waals surface area (Å²) < 4.78 is 7.19. The van der Waals surface area contributed by atoms with Crippen LogP contribution in [0, 0.1) is 5.92 Å². The summed E-state index contributed by atoms with van der Waals surface area (Å²) in [7, 11) is 1.83. The average Bonchev–Trinajstić information content (AvgIpc) is 3.00. The van der Waals surface area contributed by atoms with Crippen molar-refractivity contribution in [2.75, 3.05) is 32.1 Å². The molecule has 0 bridgehead atoms. The maximum atomic E-state index is 11.6. The van der Waals surface area contributed by atoms with E-state index in [1.807, 2.05) is 17.8 Å². The Morgan fingerprint density at radius 2 is 2.47 bits per heavy atom. The molecule has 0 spiro atoms. The summed E-state index contributed by atoms with van der Waals surface area (Å²) in [6.45, 7) is 3.09. The van der Waals surface area contributed by atoms with Crippen molar-refractivity contribution in [1.29, 1.82) is 0 Å². The molecule has 1 atom stereocenters. The highest BCUT2D eigenvalue weighted by molar-refractivity contribution is 5.89. The van der Waals surface area contributed by atoms with E-state index in [4.69, 9.17) is 4.74 Å². The quantitative estimate of drug-likeness (QED) is 0.816. The predicted molar refractivity (Wildman–Crippen MR) is 75.6 cm³/mol. The number of aromatic nitrogens is 2. The summed E-state index contributed by atoms with van der Waals surface area (Å²) in [6.07, 6.45) is 3.24. The molecule has 0 saturated carbocycles. The van der Waals surface area contributed by atoms with Gasteiger partial charge in [-0.05, 0) is 13.5 Å². The molecule has 1 amide bonds. The normalized spacial score (nSPS) is 18.1. The van der Waals surface area contributed by atoms with Crippen molar-refractivity contribution in [3.63, 3.8) is 0 Å². The van der Waals surface area contributed by atoms with E-state index >= 15 is 0 Å². The summed E-state index contributed by atoms with van der Waals surface area (Å²) in [5.74, 6) is 1.27. The van der Waals surface area contributed by atoms with E-state index in [0.717, 1.165) is 32.0 Å². The van der Waals surface area contributed by atoms with Crippen LogP contribution in [0.5, 0.6) is 0 Å². The third-order valence-electron chi connectivity index (χ3n) is 3.04. The van der Waals surface area contributed by atoms with E-state index in [1.54, 1.807) is 6.20 Å². The second-order valence-electron chi connectivity index (χ2n) is 4.53. The van der Waals surface area contributed by atoms with Crippen molar-refractivity contribution >= 4 is 24.1 Å². The largest absolute Gasteiger partial charge is 0.381 e. The number of amides is 1. The van der Waals surface area contributed by atoms with E-state index in [0.29, 0.717) is 18.9 Å². The number of rotatable bonds is 6. The van der Waals surface area contributed by atoms with Gasteiger partial charge in [0.2, 0.25) is 5.91 Å². The number of nitrogens with one attached hydrogen (secondary N) is 2. The van der Waals surface area contributed by atoms with E-state index in [-0.39, 0.29) is 18.3 Å². The van der Waals surface area contributed by atoms with Gasteiger partial charge in [-0.3, -0.25) is 4.79 Å². The van der Waals surface area contributed by atoms with Crippen molar-refractivity contribution in [1.82, 2.24) is 15.1 Å². The van der Waals surface area contributed by atoms with Crippen molar-refractivity contribution < 1.29 is 9.53 Å². The van der Waals surface area contributed by atoms with Crippen LogP contribution >= 0.6 is 12.4 Å². The second-order valence-corrected chi connectivity index (χ2v) is 4.53. The highest BCUT2D eigenvalue weighted by atomic mass is 35.5. The molecule has 108 valence electrons. The molecular formula is C12H21ClN4O2. The lowest BCUT2D eigenvalue weighted by atomic mass is 10.1. The lowest BCUT2D eigenvalue weighted by Gasteiger charge is -2.12. The molecular weight excluding hydrogens is 268 g/mol. The first-order chi connectivity index (χ1) is 8.79. The SMILES string of the molecule is CNCCC(=O)Nc1ccnn1CC1CCOC1.Cl. The minimum Gasteiger partial charge on any atom is -0.381 e. The Balaban J connectivity index is 0.00000180. The Bertz CT molecular complexity index is 391. The van der Waals surface area contributed by atoms with Crippen LogP contribution in [0.1, 0.15) is 12.8 Å². The molecule has 2 heterocycles. The molecule has 0 aromatic carbocycles. The van der Waals surface area contributed by atoms with Gasteiger partial charge in [0.25, 0.3) is 0 Å². The lowest BCUT2D eigenvalue weighted by Crippen LogP contribution is -2.21. The predicted octanol–water partition coefficient (Wildman–Crippen LogP) is 0.889. The Kier molecular flexibility index (Phi) is 6.83. The number of anilines is 1. The van der Waals surface area contributed by atoms with E-state index in [9.17, 15) is 4.79 Å². The molecule has 0 radical (unpaired) electrons. The first-order valence-electron chi connectivity index (χ1n) is 6.33. The smallest absolute Gasteiger partial charge is 0.226 e. The summed E-state index contributed by atoms with van der Waals surface area (Å²) in [5.41, 5.74) is 0. The number of ether oxygens (including phenoxy) is 1. The zero-order chi connectivity index (χ0) is 12.8. The Hall–Kier alpha value is -1.11. The van der Waals surface area contributed by atoms with Crippen LogP contribution in [0.15, 0.2) is 12.3 Å². The van der Waals surface area contributed by atoms with Crippen molar-refractivity contribution in [3.05, 3.63) is 12.3 Å². The number of carbonyl (C=O) groups excluding carboxylic acids is 1. The van der Waals surface area contributed by atoms with Gasteiger partial charge in [-0.2, -0.15) is 5.10 Å². The van der Waals surface area contributed by atoms with Gasteiger partial charge in [0, 0.05) is 38.1 Å². The molecule has 1 unspecified atom stereocenters. The molecule has 1 aromatic rings. The highest BCUT2D eigenvalue weighted by Crippen LogP contribution is 2.17. The number of carbonyl (C=O) groups is 1. The second kappa shape index (κ2) is 8.14. The van der Waals surface area contributed by atoms with Crippen LogP contribution in [0.4, 0.5) is 5.82 Å². The fraction of sp³-hybridized carbons (Fsp3) is 0.667. The van der Waals surface area contributed by atoms with E-state index in [1.165, 1.54) is 0 Å². The molecule has 1 fully saturated rings. The molecule has 2 rings (SSSR count). The number of hydrogen-bond donors (Lipinski definition) is 2. The first-order valence-corrected chi connectivity index (χ1v) is 6.33. The van der Waals surface area contributed by atoms with E-state index in [2.05, 4.69) is 15.7 Å². The summed E-state index contributed by atoms with van der Waals surface area (Å²) in [4.78, 5) is 11.6. The van der Waals surface area contributed by atoms with Gasteiger partial charge in [-0.1, -0.05) is 0 Å². The van der Waals surface area contributed by atoms with Gasteiger partial charge < -0.3 is 15.4 Å². The molecule has 1 aliphatic heterocycles. The zero-order valence-electron chi connectivity index (χ0n) is 11.1. The molecule has 1 aromatic heterocycles. The molecule has 7 heteroatoms. The average molecular weight is 289 g/mol. The molecule has 19 heavy (non-hydrogen) atoms. The topological polar surface area (TPSA) is 68.2 Å². The third kappa shape index (κ3) is 4.81. The molecule has 0 aliphatic carbocycles. The maximum absolute atomic E-state index is 11.6. The van der Waals surface area contributed by atoms with Crippen LogP contribution < -0.4 is 10.6 Å². The van der Waals surface area contributed by atoms with Crippen molar-refractivity contribution in [2.24, 2.45) is 5.92 Å². The van der Waals surface area contributed by atoms with E-state index < -0.39 is 0 Å². The maximum Gasteiger partial charge on any atom is 0.226 e. The standard InChI is InChI=1S/C12H20N4O2.ClH/c1-13-5-3-12(17)15-11-2-6-14-16(11)8-10-4-7-18-9-10;/h2,6,10,13H,3-5,7-9H2,1H3,(H,15,17);1H. The first kappa shape index (κ1) is 15.9. The van der Waals surface area contributed by atoms with Crippen LogP contribution in [-0.2, 0) is 16.1 Å². The highest BCUT2D eigenvalue weighted by Gasteiger charge is 2.18. The van der Waals surface area contributed by atoms with Gasteiger partial charge in [-0.25, -0.2) is 4.68 Å². The Morgan fingerprint density at radius 1 is 1.63 bits per heavy atom. The minimum absolute atomic E-state index is 0.